The summed E-state index contributed by atoms with van der Waals surface area (Å²) in [6, 6.07) is 0. The van der Waals surface area contributed by atoms with Crippen LogP contribution in [0.3, 0.4) is 0 Å². The second-order valence-electron chi connectivity index (χ2n) is 13.2. The van der Waals surface area contributed by atoms with E-state index in [-0.39, 0.29) is 25.4 Å². The van der Waals surface area contributed by atoms with E-state index in [1.165, 1.54) is 13.0 Å². The molecule has 0 amide bonds. The van der Waals surface area contributed by atoms with Gasteiger partial charge in [0.15, 0.2) is 11.4 Å². The number of hydrogen-bond donors (Lipinski definition) is 3. The second kappa shape index (κ2) is 9.86. The lowest BCUT2D eigenvalue weighted by Crippen LogP contribution is -2.86. The summed E-state index contributed by atoms with van der Waals surface area (Å²) < 4.78 is 12.4. The van der Waals surface area contributed by atoms with Crippen molar-refractivity contribution in [3.63, 3.8) is 0 Å². The largest absolute Gasteiger partial charge is 0.458 e. The van der Waals surface area contributed by atoms with E-state index < -0.39 is 63.6 Å². The molecule has 4 fully saturated rings. The predicted molar refractivity (Wildman–Crippen MR) is 141 cm³/mol. The number of rotatable bonds is 4. The number of nitrogens with zero attached hydrogens (tertiary/aromatic N) is 1. The fraction of sp³-hybridized carbons (Fsp3) is 0.857. The zero-order valence-electron chi connectivity index (χ0n) is 23.2. The number of likely N-dealkylation sites (tertiary alicyclic amines) is 1. The minimum absolute atomic E-state index is 0. The number of Topliss-reactive ketones (excluding diaryl/α,β-unsaturated/α-hetero) is 1. The van der Waals surface area contributed by atoms with Crippen LogP contribution >= 0.6 is 12.4 Å². The Morgan fingerprint density at radius 3 is 2.46 bits per heavy atom. The van der Waals surface area contributed by atoms with Crippen molar-refractivity contribution < 1.29 is 34.4 Å². The van der Waals surface area contributed by atoms with Crippen LogP contribution in [0, 0.1) is 22.7 Å². The molecule has 0 spiro atoms. The van der Waals surface area contributed by atoms with Crippen molar-refractivity contribution in [3.8, 4) is 0 Å². The molecule has 2 heterocycles. The van der Waals surface area contributed by atoms with Crippen LogP contribution in [0.1, 0.15) is 73.6 Å². The number of halogens is 1. The van der Waals surface area contributed by atoms with Gasteiger partial charge < -0.3 is 24.8 Å². The third-order valence-electron chi connectivity index (χ3n) is 10.1. The first-order valence-corrected chi connectivity index (χ1v) is 13.4. The first kappa shape index (κ1) is 30.5. The van der Waals surface area contributed by atoms with E-state index in [2.05, 4.69) is 18.4 Å². The van der Waals surface area contributed by atoms with Gasteiger partial charge in [0.1, 0.15) is 17.8 Å². The van der Waals surface area contributed by atoms with Crippen molar-refractivity contribution in [3.05, 3.63) is 12.7 Å². The number of aliphatic hydroxyl groups is 3. The SMILES string of the molecule is C=C[C@@]1(C)CC(=O)[C@]2(O)C3(C)C(C(OC(=O)CN4CCCC(C)C4)C(O)[C@@]2(C)O1)C(C)(C)CC[C@@H]3O.Cl. The Hall–Kier alpha value is -1.03. The molecular weight excluding hydrogens is 498 g/mol. The highest BCUT2D eigenvalue weighted by Crippen LogP contribution is 2.67. The molecular formula is C28H46ClNO7. The number of ketones is 1. The molecule has 37 heavy (non-hydrogen) atoms. The molecule has 0 radical (unpaired) electrons. The maximum atomic E-state index is 13.8. The van der Waals surface area contributed by atoms with E-state index >= 15 is 0 Å². The molecule has 0 aromatic heterocycles. The van der Waals surface area contributed by atoms with E-state index in [0.717, 1.165) is 25.9 Å². The van der Waals surface area contributed by atoms with Gasteiger partial charge in [0, 0.05) is 24.3 Å². The zero-order chi connectivity index (χ0) is 26.9. The summed E-state index contributed by atoms with van der Waals surface area (Å²) in [5.41, 5.74) is -7.14. The minimum atomic E-state index is -2.20. The molecule has 8 nitrogen and oxygen atoms in total. The molecule has 2 aliphatic carbocycles. The van der Waals surface area contributed by atoms with E-state index in [1.807, 2.05) is 13.8 Å². The molecule has 2 aliphatic heterocycles. The van der Waals surface area contributed by atoms with Gasteiger partial charge in [0.2, 0.25) is 0 Å². The standard InChI is InChI=1S/C28H45NO7.ClH/c1-8-25(5)14-19(31)28(34)26(6)18(30)11-12-24(3,4)22(26)21(23(33)27(28,7)36-25)35-20(32)16-29-13-9-10-17(2)15-29;/h8,17-18,21-23,30,33-34H,1,9-16H2,2-7H3;1H/t17?,18-,21?,22?,23?,25-,26?,27+,28-;/m0./s1. The number of ether oxygens (including phenoxy) is 2. The second-order valence-corrected chi connectivity index (χ2v) is 13.2. The van der Waals surface area contributed by atoms with Gasteiger partial charge in [-0.2, -0.15) is 0 Å². The number of carbonyl (C=O) groups excluding carboxylic acids is 2. The molecule has 9 atom stereocenters. The number of fused-ring (bicyclic) bond motifs is 3. The van der Waals surface area contributed by atoms with Crippen LogP contribution < -0.4 is 0 Å². The fourth-order valence-electron chi connectivity index (χ4n) is 8.21. The molecule has 212 valence electrons. The van der Waals surface area contributed by atoms with Gasteiger partial charge in [-0.3, -0.25) is 14.5 Å². The summed E-state index contributed by atoms with van der Waals surface area (Å²) in [5, 5.41) is 35.6. The summed E-state index contributed by atoms with van der Waals surface area (Å²) >= 11 is 0. The first-order valence-electron chi connectivity index (χ1n) is 13.4. The van der Waals surface area contributed by atoms with Gasteiger partial charge in [0.25, 0.3) is 0 Å². The molecule has 4 rings (SSSR count). The highest BCUT2D eigenvalue weighted by atomic mass is 35.5. The van der Waals surface area contributed by atoms with Gasteiger partial charge in [-0.15, -0.1) is 19.0 Å². The Bertz CT molecular complexity index is 928. The van der Waals surface area contributed by atoms with E-state index in [1.54, 1.807) is 13.8 Å². The van der Waals surface area contributed by atoms with Gasteiger partial charge in [-0.25, -0.2) is 0 Å². The highest BCUT2D eigenvalue weighted by Gasteiger charge is 2.81. The number of esters is 1. The van der Waals surface area contributed by atoms with Crippen LogP contribution in [-0.2, 0) is 19.1 Å². The maximum Gasteiger partial charge on any atom is 0.320 e. The van der Waals surface area contributed by atoms with Gasteiger partial charge >= 0.3 is 5.97 Å². The van der Waals surface area contributed by atoms with Gasteiger partial charge in [-0.05, 0) is 57.4 Å². The normalized spacial score (nSPS) is 47.7. The Morgan fingerprint density at radius 2 is 1.86 bits per heavy atom. The summed E-state index contributed by atoms with van der Waals surface area (Å²) in [5.74, 6) is -1.16. The summed E-state index contributed by atoms with van der Waals surface area (Å²) in [7, 11) is 0. The monoisotopic (exact) mass is 543 g/mol. The quantitative estimate of drug-likeness (QED) is 0.366. The number of piperidine rings is 1. The van der Waals surface area contributed by atoms with Crippen molar-refractivity contribution in [2.24, 2.45) is 22.7 Å². The molecule has 9 heteroatoms. The Balaban J connectivity index is 0.00000380. The predicted octanol–water partition coefficient (Wildman–Crippen LogP) is 2.65. The lowest BCUT2D eigenvalue weighted by atomic mass is 9.40. The molecule has 2 saturated carbocycles. The molecule has 0 bridgehead atoms. The third-order valence-corrected chi connectivity index (χ3v) is 10.1. The van der Waals surface area contributed by atoms with Crippen molar-refractivity contribution in [2.75, 3.05) is 19.6 Å². The first-order chi connectivity index (χ1) is 16.6. The molecule has 4 aliphatic rings. The van der Waals surface area contributed by atoms with Crippen LogP contribution in [0.4, 0.5) is 0 Å². The van der Waals surface area contributed by atoms with Crippen LogP contribution in [0.25, 0.3) is 0 Å². The molecule has 2 saturated heterocycles. The van der Waals surface area contributed by atoms with Gasteiger partial charge in [-0.1, -0.05) is 33.8 Å². The van der Waals surface area contributed by atoms with E-state index in [0.29, 0.717) is 18.8 Å². The molecule has 3 N–H and O–H groups in total. The van der Waals surface area contributed by atoms with E-state index in [4.69, 9.17) is 9.47 Å². The maximum absolute atomic E-state index is 13.8. The Labute approximate surface area is 227 Å². The van der Waals surface area contributed by atoms with Crippen LogP contribution in [-0.4, -0.2) is 86.7 Å². The van der Waals surface area contributed by atoms with Crippen molar-refractivity contribution in [2.45, 2.75) is 109 Å². The van der Waals surface area contributed by atoms with Crippen molar-refractivity contribution >= 4 is 24.2 Å². The lowest BCUT2D eigenvalue weighted by molar-refractivity contribution is -0.370. The number of aliphatic hydroxyl groups excluding tert-OH is 2. The van der Waals surface area contributed by atoms with Crippen molar-refractivity contribution in [1.82, 2.24) is 4.90 Å². The smallest absolute Gasteiger partial charge is 0.320 e. The summed E-state index contributed by atoms with van der Waals surface area (Å²) in [6.45, 7) is 16.5. The van der Waals surface area contributed by atoms with Crippen LogP contribution in [0.15, 0.2) is 12.7 Å². The third kappa shape index (κ3) is 4.40. The van der Waals surface area contributed by atoms with Crippen LogP contribution in [0.2, 0.25) is 0 Å². The summed E-state index contributed by atoms with van der Waals surface area (Å²) in [6.07, 6.45) is 0.817. The average molecular weight is 544 g/mol. The average Bonchev–Trinajstić information content (AvgIpc) is 2.78. The fourth-order valence-corrected chi connectivity index (χ4v) is 8.21. The number of carbonyl (C=O) groups is 2. The van der Waals surface area contributed by atoms with Gasteiger partial charge in [0.05, 0.1) is 18.2 Å². The highest BCUT2D eigenvalue weighted by molar-refractivity contribution is 5.92. The molecule has 0 aromatic rings. The van der Waals surface area contributed by atoms with Crippen molar-refractivity contribution in [1.29, 1.82) is 0 Å². The zero-order valence-corrected chi connectivity index (χ0v) is 24.0. The Kier molecular flexibility index (Phi) is 8.13. The molecule has 0 aromatic carbocycles. The summed E-state index contributed by atoms with van der Waals surface area (Å²) in [4.78, 5) is 29.1. The topological polar surface area (TPSA) is 117 Å². The minimum Gasteiger partial charge on any atom is -0.458 e. The number of hydrogen-bond acceptors (Lipinski definition) is 8. The molecule has 5 unspecified atom stereocenters. The van der Waals surface area contributed by atoms with E-state index in [9.17, 15) is 24.9 Å². The Morgan fingerprint density at radius 1 is 1.22 bits per heavy atom. The lowest BCUT2D eigenvalue weighted by Gasteiger charge is -2.71. The van der Waals surface area contributed by atoms with Crippen LogP contribution in [0.5, 0.6) is 0 Å².